The minimum absolute atomic E-state index is 0.0331. The quantitative estimate of drug-likeness (QED) is 0.365. The normalized spacial score (nSPS) is 15.5. The summed E-state index contributed by atoms with van der Waals surface area (Å²) in [6, 6.07) is 2.49. The molecule has 0 bridgehead atoms. The van der Waals surface area contributed by atoms with Gasteiger partial charge in [0.15, 0.2) is 11.5 Å². The van der Waals surface area contributed by atoms with Crippen LogP contribution in [0, 0.1) is 12.8 Å². The summed E-state index contributed by atoms with van der Waals surface area (Å²) >= 11 is 0. The first-order valence-electron chi connectivity index (χ1n) is 13.0. The summed E-state index contributed by atoms with van der Waals surface area (Å²) in [6.07, 6.45) is 8.85. The van der Waals surface area contributed by atoms with Gasteiger partial charge in [-0.25, -0.2) is 14.5 Å². The number of rotatable bonds is 12. The topological polar surface area (TPSA) is 116 Å². The summed E-state index contributed by atoms with van der Waals surface area (Å²) in [6.45, 7) is 11.1. The van der Waals surface area contributed by atoms with Crippen LogP contribution in [0.15, 0.2) is 18.5 Å². The lowest BCUT2D eigenvalue weighted by Gasteiger charge is -2.33. The lowest BCUT2D eigenvalue weighted by Crippen LogP contribution is -2.38. The van der Waals surface area contributed by atoms with Gasteiger partial charge in [0.25, 0.3) is 0 Å². The van der Waals surface area contributed by atoms with Gasteiger partial charge in [-0.15, -0.1) is 5.10 Å². The molecule has 0 radical (unpaired) electrons. The second kappa shape index (κ2) is 12.3. The Labute approximate surface area is 213 Å². The molecule has 1 aliphatic rings. The van der Waals surface area contributed by atoms with E-state index in [9.17, 15) is 0 Å². The van der Waals surface area contributed by atoms with E-state index in [2.05, 4.69) is 45.2 Å². The molecule has 4 rings (SSSR count). The second-order valence-electron chi connectivity index (χ2n) is 9.79. The van der Waals surface area contributed by atoms with Gasteiger partial charge in [-0.05, 0) is 56.7 Å². The largest absolute Gasteiger partial charge is 0.459 e. The summed E-state index contributed by atoms with van der Waals surface area (Å²) in [4.78, 5) is 16.2. The zero-order valence-electron chi connectivity index (χ0n) is 22.0. The Kier molecular flexibility index (Phi) is 8.93. The van der Waals surface area contributed by atoms with Crippen molar-refractivity contribution in [2.75, 3.05) is 50.5 Å². The predicted octanol–water partition coefficient (Wildman–Crippen LogP) is 3.02. The van der Waals surface area contributed by atoms with Crippen molar-refractivity contribution < 1.29 is 9.47 Å². The van der Waals surface area contributed by atoms with Crippen molar-refractivity contribution in [3.05, 3.63) is 35.3 Å². The monoisotopic (exact) mass is 496 g/mol. The summed E-state index contributed by atoms with van der Waals surface area (Å²) < 4.78 is 12.6. The van der Waals surface area contributed by atoms with Crippen molar-refractivity contribution >= 4 is 17.3 Å². The summed E-state index contributed by atoms with van der Waals surface area (Å²) in [5.74, 6) is 2.11. The number of fused-ring (bicyclic) bond motifs is 1. The molecule has 3 aromatic rings. The lowest BCUT2D eigenvalue weighted by atomic mass is 9.96. The van der Waals surface area contributed by atoms with E-state index in [1.807, 2.05) is 19.3 Å². The zero-order chi connectivity index (χ0) is 25.5. The number of aromatic nitrogens is 5. The van der Waals surface area contributed by atoms with Crippen LogP contribution in [0.5, 0.6) is 6.01 Å². The first-order chi connectivity index (χ1) is 17.5. The number of pyridine rings is 1. The Bertz CT molecular complexity index is 1130. The highest BCUT2D eigenvalue weighted by atomic mass is 16.5. The highest BCUT2D eigenvalue weighted by molar-refractivity contribution is 5.59. The minimum atomic E-state index is 0.0331. The van der Waals surface area contributed by atoms with Crippen LogP contribution in [0.4, 0.5) is 11.6 Å². The molecule has 3 aromatic heterocycles. The van der Waals surface area contributed by atoms with Crippen LogP contribution >= 0.6 is 0 Å². The molecule has 0 amide bonds. The molecular weight excluding hydrogens is 456 g/mol. The maximum absolute atomic E-state index is 6.15. The SMILES string of the molecule is CCCC(C)Oc1nc(N)c2nc(Cc3cnc(N4CCC(CNCCOC)CC4)c(C)c3)cn2n1. The van der Waals surface area contributed by atoms with Crippen LogP contribution in [0.1, 0.15) is 56.4 Å². The maximum Gasteiger partial charge on any atom is 0.336 e. The molecule has 10 nitrogen and oxygen atoms in total. The van der Waals surface area contributed by atoms with Crippen LogP contribution in [0.3, 0.4) is 0 Å². The molecule has 1 unspecified atom stereocenters. The average molecular weight is 497 g/mol. The number of imidazole rings is 1. The Morgan fingerprint density at radius 3 is 2.78 bits per heavy atom. The first kappa shape index (κ1) is 26.1. The Balaban J connectivity index is 1.37. The van der Waals surface area contributed by atoms with Crippen LogP contribution < -0.4 is 20.7 Å². The van der Waals surface area contributed by atoms with Crippen LogP contribution in [-0.4, -0.2) is 70.6 Å². The van der Waals surface area contributed by atoms with Crippen molar-refractivity contribution in [1.29, 1.82) is 0 Å². The zero-order valence-corrected chi connectivity index (χ0v) is 22.0. The Hall–Kier alpha value is -2.98. The fourth-order valence-electron chi connectivity index (χ4n) is 4.81. The molecule has 0 aliphatic carbocycles. The van der Waals surface area contributed by atoms with Crippen LogP contribution in [0.2, 0.25) is 0 Å². The molecule has 3 N–H and O–H groups in total. The van der Waals surface area contributed by atoms with Gasteiger partial charge >= 0.3 is 6.01 Å². The maximum atomic E-state index is 6.15. The van der Waals surface area contributed by atoms with E-state index in [1.54, 1.807) is 11.6 Å². The Morgan fingerprint density at radius 2 is 2.06 bits per heavy atom. The number of methoxy groups -OCH3 is 1. The number of ether oxygens (including phenoxy) is 2. The smallest absolute Gasteiger partial charge is 0.336 e. The highest BCUT2D eigenvalue weighted by Gasteiger charge is 2.21. The average Bonchev–Trinajstić information content (AvgIpc) is 3.25. The third kappa shape index (κ3) is 6.61. The van der Waals surface area contributed by atoms with E-state index in [-0.39, 0.29) is 12.1 Å². The van der Waals surface area contributed by atoms with Gasteiger partial charge in [-0.2, -0.15) is 4.98 Å². The number of hydrogen-bond donors (Lipinski definition) is 2. The number of nitrogens with zero attached hydrogens (tertiary/aromatic N) is 6. The third-order valence-electron chi connectivity index (χ3n) is 6.70. The number of aryl methyl sites for hydroxylation is 1. The molecule has 0 aromatic carbocycles. The summed E-state index contributed by atoms with van der Waals surface area (Å²) in [5, 5.41) is 7.95. The van der Waals surface area contributed by atoms with Crippen molar-refractivity contribution in [2.24, 2.45) is 5.92 Å². The first-order valence-corrected chi connectivity index (χ1v) is 13.0. The molecule has 0 spiro atoms. The fraction of sp³-hybridized carbons (Fsp3) is 0.615. The number of nitrogen functional groups attached to an aromatic ring is 1. The highest BCUT2D eigenvalue weighted by Crippen LogP contribution is 2.25. The van der Waals surface area contributed by atoms with Gasteiger partial charge in [-0.3, -0.25) is 0 Å². The summed E-state index contributed by atoms with van der Waals surface area (Å²) in [5.41, 5.74) is 9.85. The molecule has 4 heterocycles. The van der Waals surface area contributed by atoms with Gasteiger partial charge in [0, 0.05) is 39.4 Å². The summed E-state index contributed by atoms with van der Waals surface area (Å²) in [7, 11) is 1.74. The van der Waals surface area contributed by atoms with E-state index < -0.39 is 0 Å². The van der Waals surface area contributed by atoms with Crippen LogP contribution in [-0.2, 0) is 11.2 Å². The van der Waals surface area contributed by atoms with Crippen molar-refractivity contribution in [3.63, 3.8) is 0 Å². The number of nitrogens with one attached hydrogen (secondary N) is 1. The lowest BCUT2D eigenvalue weighted by molar-refractivity contribution is 0.189. The second-order valence-corrected chi connectivity index (χ2v) is 9.79. The third-order valence-corrected chi connectivity index (χ3v) is 6.70. The fourth-order valence-corrected chi connectivity index (χ4v) is 4.81. The van der Waals surface area contributed by atoms with Gasteiger partial charge in [-0.1, -0.05) is 19.4 Å². The molecule has 36 heavy (non-hydrogen) atoms. The predicted molar refractivity (Wildman–Crippen MR) is 142 cm³/mol. The van der Waals surface area contributed by atoms with E-state index in [1.165, 1.54) is 18.4 Å². The number of anilines is 2. The Morgan fingerprint density at radius 1 is 1.25 bits per heavy atom. The van der Waals surface area contributed by atoms with E-state index >= 15 is 0 Å². The van der Waals surface area contributed by atoms with Crippen molar-refractivity contribution in [3.8, 4) is 6.01 Å². The minimum Gasteiger partial charge on any atom is -0.459 e. The van der Waals surface area contributed by atoms with Crippen molar-refractivity contribution in [1.82, 2.24) is 29.9 Å². The molecule has 1 aliphatic heterocycles. The molecule has 1 saturated heterocycles. The van der Waals surface area contributed by atoms with E-state index in [0.29, 0.717) is 23.8 Å². The standard InChI is InChI=1S/C26H40N8O2/c1-5-6-19(3)36-26-31-23(27)25-30-22(17-34(25)32-26)14-21-13-18(2)24(29-16-21)33-10-7-20(8-11-33)15-28-9-12-35-4/h13,16-17,19-20,28H,5-12,14-15H2,1-4H3,(H2,27,31,32). The molecular formula is C26H40N8O2. The van der Waals surface area contributed by atoms with E-state index in [0.717, 1.165) is 62.7 Å². The molecule has 0 saturated carbocycles. The van der Waals surface area contributed by atoms with Crippen molar-refractivity contribution in [2.45, 2.75) is 59.0 Å². The van der Waals surface area contributed by atoms with Gasteiger partial charge < -0.3 is 25.4 Å². The molecule has 1 fully saturated rings. The molecule has 196 valence electrons. The van der Waals surface area contributed by atoms with Gasteiger partial charge in [0.2, 0.25) is 0 Å². The number of hydrogen-bond acceptors (Lipinski definition) is 9. The molecule has 1 atom stereocenters. The number of piperidine rings is 1. The molecule has 10 heteroatoms. The number of nitrogens with two attached hydrogens (primary N) is 1. The van der Waals surface area contributed by atoms with Gasteiger partial charge in [0.05, 0.1) is 24.6 Å². The van der Waals surface area contributed by atoms with E-state index in [4.69, 9.17) is 20.2 Å². The van der Waals surface area contributed by atoms with Crippen LogP contribution in [0.25, 0.3) is 5.65 Å². The van der Waals surface area contributed by atoms with Gasteiger partial charge in [0.1, 0.15) is 5.82 Å².